The van der Waals surface area contributed by atoms with Crippen LogP contribution in [0.4, 0.5) is 0 Å². The van der Waals surface area contributed by atoms with Gasteiger partial charge in [0.15, 0.2) is 12.4 Å². The Hall–Kier alpha value is -2.88. The minimum absolute atomic E-state index is 0.156. The van der Waals surface area contributed by atoms with Crippen LogP contribution in [-0.2, 0) is 22.4 Å². The summed E-state index contributed by atoms with van der Waals surface area (Å²) in [6, 6.07) is 13.2. The van der Waals surface area contributed by atoms with E-state index in [0.29, 0.717) is 11.1 Å². The van der Waals surface area contributed by atoms with Gasteiger partial charge in [0.05, 0.1) is 5.57 Å². The number of hydrogen-bond donors (Lipinski definition) is 0. The molecule has 0 radical (unpaired) electrons. The highest BCUT2D eigenvalue weighted by molar-refractivity contribution is 6.00. The first-order valence-electron chi connectivity index (χ1n) is 8.45. The number of carbonyl (C=O) groups excluding carboxylic acids is 2. The summed E-state index contributed by atoms with van der Waals surface area (Å²) >= 11 is 0. The zero-order valence-corrected chi connectivity index (χ0v) is 13.8. The van der Waals surface area contributed by atoms with E-state index in [-0.39, 0.29) is 19.0 Å². The fourth-order valence-electron chi connectivity index (χ4n) is 3.29. The second-order valence-corrected chi connectivity index (χ2v) is 6.33. The molecule has 0 aromatic heterocycles. The van der Waals surface area contributed by atoms with Crippen LogP contribution in [0.3, 0.4) is 0 Å². The minimum atomic E-state index is -0.510. The smallest absolute Gasteiger partial charge is 0.337 e. The van der Waals surface area contributed by atoms with E-state index in [0.717, 1.165) is 30.6 Å². The molecule has 0 atom stereocenters. The standard InChI is InChI=1S/C21H18O4/c22-19(16-9-8-14-5-3-6-15(14)10-16)13-25-21(23)18-11-17-4-1-2-7-20(17)24-12-18/h1-2,4,7-11H,3,5-6,12-13H2. The maximum Gasteiger partial charge on any atom is 0.337 e. The van der Waals surface area contributed by atoms with Crippen molar-refractivity contribution in [3.05, 3.63) is 70.3 Å². The first kappa shape index (κ1) is 15.6. The number of hydrogen-bond acceptors (Lipinski definition) is 4. The van der Waals surface area contributed by atoms with Crippen LogP contribution in [-0.4, -0.2) is 25.0 Å². The second kappa shape index (κ2) is 6.55. The lowest BCUT2D eigenvalue weighted by atomic mass is 10.0. The number of ether oxygens (including phenoxy) is 2. The number of Topliss-reactive ketones (excluding diaryl/α,β-unsaturated/α-hetero) is 1. The van der Waals surface area contributed by atoms with E-state index in [1.165, 1.54) is 11.1 Å². The highest BCUT2D eigenvalue weighted by Gasteiger charge is 2.20. The van der Waals surface area contributed by atoms with Crippen LogP contribution in [0.2, 0.25) is 0 Å². The van der Waals surface area contributed by atoms with E-state index in [2.05, 4.69) is 0 Å². The molecular weight excluding hydrogens is 316 g/mol. The van der Waals surface area contributed by atoms with E-state index in [1.807, 2.05) is 42.5 Å². The molecule has 1 aliphatic carbocycles. The summed E-state index contributed by atoms with van der Waals surface area (Å²) < 4.78 is 10.7. The van der Waals surface area contributed by atoms with E-state index < -0.39 is 5.97 Å². The van der Waals surface area contributed by atoms with Crippen molar-refractivity contribution in [3.63, 3.8) is 0 Å². The topological polar surface area (TPSA) is 52.6 Å². The van der Waals surface area contributed by atoms with Gasteiger partial charge in [-0.1, -0.05) is 30.3 Å². The van der Waals surface area contributed by atoms with Crippen LogP contribution in [0.25, 0.3) is 6.08 Å². The molecule has 2 aliphatic rings. The summed E-state index contributed by atoms with van der Waals surface area (Å²) in [5.74, 6) is 0.0538. The Labute approximate surface area is 146 Å². The van der Waals surface area contributed by atoms with Gasteiger partial charge in [-0.3, -0.25) is 4.79 Å². The molecule has 0 bridgehead atoms. The molecule has 25 heavy (non-hydrogen) atoms. The second-order valence-electron chi connectivity index (χ2n) is 6.33. The normalized spacial score (nSPS) is 14.8. The molecular formula is C21H18O4. The molecule has 2 aromatic carbocycles. The largest absolute Gasteiger partial charge is 0.488 e. The fraction of sp³-hybridized carbons (Fsp3) is 0.238. The summed E-state index contributed by atoms with van der Waals surface area (Å²) in [4.78, 5) is 24.5. The van der Waals surface area contributed by atoms with Gasteiger partial charge >= 0.3 is 5.97 Å². The Kier molecular flexibility index (Phi) is 4.10. The van der Waals surface area contributed by atoms with Crippen LogP contribution in [0.5, 0.6) is 5.75 Å². The van der Waals surface area contributed by atoms with Gasteiger partial charge in [0.25, 0.3) is 0 Å². The Morgan fingerprint density at radius 2 is 1.88 bits per heavy atom. The summed E-state index contributed by atoms with van der Waals surface area (Å²) in [5, 5.41) is 0. The van der Waals surface area contributed by atoms with Crippen LogP contribution >= 0.6 is 0 Å². The Morgan fingerprint density at radius 1 is 1.04 bits per heavy atom. The molecule has 0 spiro atoms. The summed E-state index contributed by atoms with van der Waals surface area (Å²) in [6.07, 6.45) is 4.98. The first-order chi connectivity index (χ1) is 12.2. The number of fused-ring (bicyclic) bond motifs is 2. The van der Waals surface area contributed by atoms with Crippen molar-refractivity contribution in [2.75, 3.05) is 13.2 Å². The van der Waals surface area contributed by atoms with Gasteiger partial charge in [-0.05, 0) is 48.6 Å². The maximum absolute atomic E-state index is 12.3. The molecule has 1 aliphatic heterocycles. The Balaban J connectivity index is 1.41. The lowest BCUT2D eigenvalue weighted by molar-refractivity contribution is -0.138. The molecule has 4 rings (SSSR count). The molecule has 2 aromatic rings. The number of carbonyl (C=O) groups is 2. The SMILES string of the molecule is O=C(OCC(=O)c1ccc2c(c1)CCC2)C1=Cc2ccccc2OC1. The quantitative estimate of drug-likeness (QED) is 0.635. The van der Waals surface area contributed by atoms with Crippen molar-refractivity contribution in [3.8, 4) is 5.75 Å². The van der Waals surface area contributed by atoms with Gasteiger partial charge in [0, 0.05) is 11.1 Å². The number of benzene rings is 2. The Morgan fingerprint density at radius 3 is 2.80 bits per heavy atom. The summed E-state index contributed by atoms with van der Waals surface area (Å²) in [7, 11) is 0. The number of ketones is 1. The van der Waals surface area contributed by atoms with Crippen molar-refractivity contribution in [1.29, 1.82) is 0 Å². The van der Waals surface area contributed by atoms with Crippen molar-refractivity contribution in [1.82, 2.24) is 0 Å². The fourth-order valence-corrected chi connectivity index (χ4v) is 3.29. The van der Waals surface area contributed by atoms with E-state index in [9.17, 15) is 9.59 Å². The number of para-hydroxylation sites is 1. The highest BCUT2D eigenvalue weighted by Crippen LogP contribution is 2.26. The van der Waals surface area contributed by atoms with Gasteiger partial charge in [0.1, 0.15) is 12.4 Å². The molecule has 4 nitrogen and oxygen atoms in total. The van der Waals surface area contributed by atoms with Crippen LogP contribution in [0.15, 0.2) is 48.0 Å². The van der Waals surface area contributed by atoms with Crippen LogP contribution in [0.1, 0.15) is 33.5 Å². The minimum Gasteiger partial charge on any atom is -0.488 e. The van der Waals surface area contributed by atoms with Crippen molar-refractivity contribution < 1.29 is 19.1 Å². The highest BCUT2D eigenvalue weighted by atomic mass is 16.5. The molecule has 126 valence electrons. The predicted molar refractivity (Wildman–Crippen MR) is 93.7 cm³/mol. The first-order valence-corrected chi connectivity index (χ1v) is 8.45. The van der Waals surface area contributed by atoms with Crippen molar-refractivity contribution in [2.24, 2.45) is 0 Å². The monoisotopic (exact) mass is 334 g/mol. The van der Waals surface area contributed by atoms with E-state index in [1.54, 1.807) is 6.08 Å². The average molecular weight is 334 g/mol. The Bertz CT molecular complexity index is 879. The van der Waals surface area contributed by atoms with Crippen molar-refractivity contribution in [2.45, 2.75) is 19.3 Å². The van der Waals surface area contributed by atoms with Gasteiger partial charge < -0.3 is 9.47 Å². The molecule has 0 N–H and O–H groups in total. The molecule has 0 unspecified atom stereocenters. The van der Waals surface area contributed by atoms with Gasteiger partial charge in [0.2, 0.25) is 0 Å². The maximum atomic E-state index is 12.3. The molecule has 0 saturated heterocycles. The van der Waals surface area contributed by atoms with Crippen LogP contribution < -0.4 is 4.74 Å². The number of esters is 1. The number of rotatable bonds is 4. The van der Waals surface area contributed by atoms with Gasteiger partial charge in [-0.2, -0.15) is 0 Å². The van der Waals surface area contributed by atoms with E-state index in [4.69, 9.17) is 9.47 Å². The van der Waals surface area contributed by atoms with Crippen LogP contribution in [0, 0.1) is 0 Å². The molecule has 4 heteroatoms. The summed E-state index contributed by atoms with van der Waals surface area (Å²) in [6.45, 7) is -0.0977. The molecule has 1 heterocycles. The zero-order valence-electron chi connectivity index (χ0n) is 13.8. The average Bonchev–Trinajstić information content (AvgIpc) is 3.13. The molecule has 0 saturated carbocycles. The lowest BCUT2D eigenvalue weighted by Gasteiger charge is -2.16. The molecule has 0 amide bonds. The predicted octanol–water partition coefficient (Wildman–Crippen LogP) is 3.38. The third-order valence-electron chi connectivity index (χ3n) is 4.65. The van der Waals surface area contributed by atoms with Crippen molar-refractivity contribution >= 4 is 17.8 Å². The molecule has 0 fully saturated rings. The summed E-state index contributed by atoms with van der Waals surface area (Å²) in [5.41, 5.74) is 4.41. The third-order valence-corrected chi connectivity index (χ3v) is 4.65. The third kappa shape index (κ3) is 3.20. The number of aryl methyl sites for hydroxylation is 2. The van der Waals surface area contributed by atoms with E-state index >= 15 is 0 Å². The van der Waals surface area contributed by atoms with Gasteiger partial charge in [-0.25, -0.2) is 4.79 Å². The zero-order chi connectivity index (χ0) is 17.2. The van der Waals surface area contributed by atoms with Gasteiger partial charge in [-0.15, -0.1) is 0 Å². The lowest BCUT2D eigenvalue weighted by Crippen LogP contribution is -2.20.